The first-order valence-corrected chi connectivity index (χ1v) is 7.20. The van der Waals surface area contributed by atoms with Crippen molar-refractivity contribution in [3.63, 3.8) is 0 Å². The monoisotopic (exact) mass is 290 g/mol. The van der Waals surface area contributed by atoms with Gasteiger partial charge in [-0.25, -0.2) is 0 Å². The van der Waals surface area contributed by atoms with Crippen LogP contribution in [0.4, 0.5) is 0 Å². The molecule has 1 amide bonds. The van der Waals surface area contributed by atoms with Crippen molar-refractivity contribution in [1.29, 1.82) is 5.26 Å². The Morgan fingerprint density at radius 3 is 3.09 bits per heavy atom. The van der Waals surface area contributed by atoms with Crippen LogP contribution in [-0.2, 0) is 17.8 Å². The number of nitrogens with two attached hydrogens (primary N) is 1. The molecule has 0 saturated heterocycles. The van der Waals surface area contributed by atoms with Gasteiger partial charge in [-0.1, -0.05) is 30.3 Å². The predicted octanol–water partition coefficient (Wildman–Crippen LogP) is 1.94. The summed E-state index contributed by atoms with van der Waals surface area (Å²) in [6.45, 7) is 1.36. The Morgan fingerprint density at radius 2 is 2.32 bits per heavy atom. The molecule has 2 aromatic carbocycles. The van der Waals surface area contributed by atoms with Gasteiger partial charge in [-0.2, -0.15) is 5.26 Å². The van der Waals surface area contributed by atoms with Crippen LogP contribution in [0.25, 0.3) is 0 Å². The molecule has 0 fully saturated rings. The fourth-order valence-electron chi connectivity index (χ4n) is 3.03. The Hall–Kier alpha value is -2.64. The summed E-state index contributed by atoms with van der Waals surface area (Å²) in [4.78, 5) is 14.0. The Labute approximate surface area is 129 Å². The van der Waals surface area contributed by atoms with Crippen LogP contribution >= 0.6 is 0 Å². The van der Waals surface area contributed by atoms with E-state index in [0.29, 0.717) is 12.1 Å². The van der Waals surface area contributed by atoms with Crippen molar-refractivity contribution in [1.82, 2.24) is 4.90 Å². The number of carbonyl (C=O) groups is 1. The Bertz CT molecular complexity index is 748. The maximum absolute atomic E-state index is 12.0. The van der Waals surface area contributed by atoms with Gasteiger partial charge in [0.05, 0.1) is 11.6 Å². The van der Waals surface area contributed by atoms with Crippen LogP contribution in [0, 0.1) is 17.4 Å². The van der Waals surface area contributed by atoms with Gasteiger partial charge in [0.25, 0.3) is 0 Å². The van der Waals surface area contributed by atoms with Crippen molar-refractivity contribution >= 4 is 5.91 Å². The second kappa shape index (κ2) is 6.00. The van der Waals surface area contributed by atoms with Crippen LogP contribution in [0.15, 0.2) is 42.5 Å². The van der Waals surface area contributed by atoms with E-state index in [1.54, 1.807) is 6.07 Å². The zero-order valence-electron chi connectivity index (χ0n) is 12.1. The van der Waals surface area contributed by atoms with E-state index in [-0.39, 0.29) is 5.91 Å². The molecular formula is C18H16N3O. The highest BCUT2D eigenvalue weighted by molar-refractivity contribution is 5.82. The summed E-state index contributed by atoms with van der Waals surface area (Å²) in [5.41, 5.74) is 9.37. The summed E-state index contributed by atoms with van der Waals surface area (Å²) in [6.07, 6.45) is 0.869. The van der Waals surface area contributed by atoms with E-state index in [9.17, 15) is 4.79 Å². The number of carbonyl (C=O) groups excluding carboxylic acids is 1. The fraction of sp³-hybridized carbons (Fsp3) is 0.222. The van der Waals surface area contributed by atoms with Gasteiger partial charge >= 0.3 is 0 Å². The molecule has 22 heavy (non-hydrogen) atoms. The lowest BCUT2D eigenvalue weighted by atomic mass is 9.91. The molecule has 3 rings (SSSR count). The molecular weight excluding hydrogens is 274 g/mol. The Balaban J connectivity index is 1.90. The molecule has 0 spiro atoms. The fourth-order valence-corrected chi connectivity index (χ4v) is 3.03. The molecule has 0 aliphatic carbocycles. The first kappa shape index (κ1) is 14.3. The molecule has 1 radical (unpaired) electrons. The van der Waals surface area contributed by atoms with E-state index < -0.39 is 6.04 Å². The molecule has 2 aromatic rings. The Kier molecular flexibility index (Phi) is 3.90. The highest BCUT2D eigenvalue weighted by Crippen LogP contribution is 2.30. The lowest BCUT2D eigenvalue weighted by Crippen LogP contribution is -2.42. The van der Waals surface area contributed by atoms with Gasteiger partial charge in [-0.15, -0.1) is 0 Å². The topological polar surface area (TPSA) is 70.1 Å². The summed E-state index contributed by atoms with van der Waals surface area (Å²) < 4.78 is 0. The smallest absolute Gasteiger partial charge is 0.239 e. The van der Waals surface area contributed by atoms with Crippen molar-refractivity contribution in [2.75, 3.05) is 6.54 Å². The normalized spacial score (nSPS) is 17.5. The number of hydrogen-bond acceptors (Lipinski definition) is 3. The van der Waals surface area contributed by atoms with Gasteiger partial charge in [-0.3, -0.25) is 9.69 Å². The minimum atomic E-state index is -0.427. The molecule has 0 bridgehead atoms. The quantitative estimate of drug-likeness (QED) is 0.939. The largest absolute Gasteiger partial charge is 0.368 e. The third-order valence-corrected chi connectivity index (χ3v) is 4.03. The molecule has 1 heterocycles. The summed E-state index contributed by atoms with van der Waals surface area (Å²) in [5.74, 6) is -0.344. The van der Waals surface area contributed by atoms with Gasteiger partial charge in [0.1, 0.15) is 6.04 Å². The van der Waals surface area contributed by atoms with Gasteiger partial charge in [0.15, 0.2) is 0 Å². The average molecular weight is 290 g/mol. The highest BCUT2D eigenvalue weighted by atomic mass is 16.1. The summed E-state index contributed by atoms with van der Waals surface area (Å²) in [6, 6.07) is 17.9. The molecule has 2 N–H and O–H groups in total. The molecule has 0 saturated carbocycles. The van der Waals surface area contributed by atoms with Crippen molar-refractivity contribution in [3.05, 3.63) is 70.8 Å². The van der Waals surface area contributed by atoms with E-state index in [0.717, 1.165) is 29.7 Å². The number of rotatable bonds is 3. The first-order chi connectivity index (χ1) is 10.7. The van der Waals surface area contributed by atoms with Gasteiger partial charge in [-0.05, 0) is 41.3 Å². The van der Waals surface area contributed by atoms with Gasteiger partial charge < -0.3 is 5.73 Å². The van der Waals surface area contributed by atoms with Crippen molar-refractivity contribution < 1.29 is 4.79 Å². The lowest BCUT2D eigenvalue weighted by molar-refractivity contribution is -0.124. The number of amides is 1. The second-order valence-corrected chi connectivity index (χ2v) is 5.46. The Morgan fingerprint density at radius 1 is 1.45 bits per heavy atom. The van der Waals surface area contributed by atoms with Crippen LogP contribution in [0.5, 0.6) is 0 Å². The molecule has 1 unspecified atom stereocenters. The van der Waals surface area contributed by atoms with E-state index in [2.05, 4.69) is 17.0 Å². The SMILES string of the molecule is N#Cc1cccc(CN2CCc3c[c]ccc3C2C(N)=O)c1. The number of primary amides is 1. The minimum Gasteiger partial charge on any atom is -0.368 e. The zero-order chi connectivity index (χ0) is 15.5. The summed E-state index contributed by atoms with van der Waals surface area (Å²) in [7, 11) is 0. The number of nitrogens with zero attached hydrogens (tertiary/aromatic N) is 2. The van der Waals surface area contributed by atoms with Gasteiger partial charge in [0, 0.05) is 13.1 Å². The molecule has 0 aromatic heterocycles. The van der Waals surface area contributed by atoms with E-state index in [1.165, 1.54) is 0 Å². The lowest BCUT2D eigenvalue weighted by Gasteiger charge is -2.35. The van der Waals surface area contributed by atoms with Crippen LogP contribution in [0.2, 0.25) is 0 Å². The molecule has 1 aliphatic heterocycles. The van der Waals surface area contributed by atoms with Crippen molar-refractivity contribution in [2.45, 2.75) is 19.0 Å². The van der Waals surface area contributed by atoms with Crippen LogP contribution in [0.1, 0.15) is 28.3 Å². The first-order valence-electron chi connectivity index (χ1n) is 7.20. The predicted molar refractivity (Wildman–Crippen MR) is 82.5 cm³/mol. The van der Waals surface area contributed by atoms with Crippen LogP contribution in [0.3, 0.4) is 0 Å². The van der Waals surface area contributed by atoms with Crippen molar-refractivity contribution in [3.8, 4) is 6.07 Å². The van der Waals surface area contributed by atoms with Crippen molar-refractivity contribution in [2.24, 2.45) is 5.73 Å². The number of benzene rings is 2. The second-order valence-electron chi connectivity index (χ2n) is 5.46. The van der Waals surface area contributed by atoms with Crippen LogP contribution in [-0.4, -0.2) is 17.4 Å². The van der Waals surface area contributed by atoms with E-state index in [4.69, 9.17) is 11.0 Å². The third kappa shape index (κ3) is 2.72. The maximum Gasteiger partial charge on any atom is 0.239 e. The summed E-state index contributed by atoms with van der Waals surface area (Å²) in [5, 5.41) is 9.00. The maximum atomic E-state index is 12.0. The van der Waals surface area contributed by atoms with E-state index in [1.807, 2.05) is 36.4 Å². The molecule has 1 aliphatic rings. The van der Waals surface area contributed by atoms with Gasteiger partial charge in [0.2, 0.25) is 5.91 Å². The molecule has 4 nitrogen and oxygen atoms in total. The standard InChI is InChI=1S/C18H16N3O/c19-11-13-4-3-5-14(10-13)12-21-9-8-15-6-1-2-7-16(15)17(21)18(20)22/h2-7,10,17H,8-9,12H2,(H2,20,22). The molecule has 1 atom stereocenters. The van der Waals surface area contributed by atoms with Crippen LogP contribution < -0.4 is 5.73 Å². The molecule has 4 heteroatoms. The van der Waals surface area contributed by atoms with E-state index >= 15 is 0 Å². The number of fused-ring (bicyclic) bond motifs is 1. The minimum absolute atomic E-state index is 0.344. The zero-order valence-corrected chi connectivity index (χ0v) is 12.1. The number of nitriles is 1. The average Bonchev–Trinajstić information content (AvgIpc) is 2.54. The molecule has 109 valence electrons. The third-order valence-electron chi connectivity index (χ3n) is 4.03. The summed E-state index contributed by atoms with van der Waals surface area (Å²) >= 11 is 0. The number of hydrogen-bond donors (Lipinski definition) is 1. The highest BCUT2D eigenvalue weighted by Gasteiger charge is 2.31.